The van der Waals surface area contributed by atoms with E-state index in [4.69, 9.17) is 4.42 Å². The molecule has 2 aromatic rings. The molecule has 0 bridgehead atoms. The van der Waals surface area contributed by atoms with Crippen molar-refractivity contribution in [2.24, 2.45) is 0 Å². The Morgan fingerprint density at radius 2 is 2.14 bits per heavy atom. The van der Waals surface area contributed by atoms with Gasteiger partial charge in [-0.2, -0.15) is 9.40 Å². The van der Waals surface area contributed by atoms with E-state index in [0.29, 0.717) is 6.54 Å². The molecule has 7 heteroatoms. The van der Waals surface area contributed by atoms with Crippen LogP contribution < -0.4 is 0 Å². The van der Waals surface area contributed by atoms with Gasteiger partial charge in [-0.15, -0.1) is 0 Å². The minimum Gasteiger partial charge on any atom is -0.465 e. The average molecular weight is 323 g/mol. The van der Waals surface area contributed by atoms with Crippen molar-refractivity contribution in [3.63, 3.8) is 0 Å². The number of nitrogens with zero attached hydrogens (tertiary/aromatic N) is 3. The Kier molecular flexibility index (Phi) is 3.86. The Labute approximate surface area is 130 Å². The monoisotopic (exact) mass is 323 g/mol. The van der Waals surface area contributed by atoms with Crippen molar-refractivity contribution >= 4 is 10.0 Å². The van der Waals surface area contributed by atoms with E-state index in [1.165, 1.54) is 10.5 Å². The summed E-state index contributed by atoms with van der Waals surface area (Å²) in [5.41, 5.74) is 0. The zero-order valence-electron chi connectivity index (χ0n) is 13.1. The van der Waals surface area contributed by atoms with Crippen molar-refractivity contribution in [3.05, 3.63) is 36.0 Å². The summed E-state index contributed by atoms with van der Waals surface area (Å²) in [5, 5.41) is 4.14. The maximum Gasteiger partial charge on any atom is 0.246 e. The quantitative estimate of drug-likeness (QED) is 0.867. The van der Waals surface area contributed by atoms with E-state index in [1.807, 2.05) is 32.9 Å². The third-order valence-electron chi connectivity index (χ3n) is 4.01. The molecule has 6 nitrogen and oxygen atoms in total. The molecule has 0 N–H and O–H groups in total. The molecule has 0 aromatic carbocycles. The first-order chi connectivity index (χ1) is 10.4. The van der Waals surface area contributed by atoms with E-state index in [0.717, 1.165) is 24.4 Å². The van der Waals surface area contributed by atoms with Crippen LogP contribution in [0.3, 0.4) is 0 Å². The third-order valence-corrected chi connectivity index (χ3v) is 5.87. The number of aromatic nitrogens is 2. The number of rotatable bonds is 4. The van der Waals surface area contributed by atoms with Gasteiger partial charge in [0, 0.05) is 18.8 Å². The summed E-state index contributed by atoms with van der Waals surface area (Å²) in [6.07, 6.45) is 4.65. The van der Waals surface area contributed by atoms with E-state index < -0.39 is 10.0 Å². The topological polar surface area (TPSA) is 68.3 Å². The molecule has 1 fully saturated rings. The summed E-state index contributed by atoms with van der Waals surface area (Å²) in [7, 11) is -3.55. The van der Waals surface area contributed by atoms with Crippen LogP contribution in [0.15, 0.2) is 33.8 Å². The van der Waals surface area contributed by atoms with Gasteiger partial charge in [-0.3, -0.25) is 4.68 Å². The smallest absolute Gasteiger partial charge is 0.246 e. The van der Waals surface area contributed by atoms with E-state index in [1.54, 1.807) is 10.9 Å². The predicted octanol–water partition coefficient (Wildman–Crippen LogP) is 2.89. The molecule has 120 valence electrons. The number of furan rings is 1. The van der Waals surface area contributed by atoms with Gasteiger partial charge in [0.15, 0.2) is 0 Å². The third kappa shape index (κ3) is 2.59. The average Bonchev–Trinajstić information content (AvgIpc) is 3.18. The minimum atomic E-state index is -3.55. The summed E-state index contributed by atoms with van der Waals surface area (Å²) in [5.74, 6) is 1.52. The minimum absolute atomic E-state index is 0.131. The van der Waals surface area contributed by atoms with Crippen LogP contribution in [0.4, 0.5) is 0 Å². The number of hydrogen-bond acceptors (Lipinski definition) is 4. The van der Waals surface area contributed by atoms with Crippen LogP contribution in [-0.4, -0.2) is 29.0 Å². The summed E-state index contributed by atoms with van der Waals surface area (Å²) in [6, 6.07) is 3.65. The van der Waals surface area contributed by atoms with Crippen LogP contribution in [-0.2, 0) is 10.0 Å². The maximum absolute atomic E-state index is 12.9. The van der Waals surface area contributed by atoms with Gasteiger partial charge in [0.1, 0.15) is 16.4 Å². The predicted molar refractivity (Wildman–Crippen MR) is 81.9 cm³/mol. The van der Waals surface area contributed by atoms with Crippen molar-refractivity contribution in [1.82, 2.24) is 14.1 Å². The lowest BCUT2D eigenvalue weighted by molar-refractivity contribution is 0.334. The molecule has 22 heavy (non-hydrogen) atoms. The highest BCUT2D eigenvalue weighted by molar-refractivity contribution is 7.89. The molecule has 0 aliphatic carbocycles. The van der Waals surface area contributed by atoms with Crippen LogP contribution in [0.1, 0.15) is 50.3 Å². The molecule has 2 aromatic heterocycles. The second-order valence-corrected chi connectivity index (χ2v) is 7.86. The highest BCUT2D eigenvalue weighted by Crippen LogP contribution is 2.37. The number of sulfonamides is 1. The Hall–Kier alpha value is -1.60. The zero-order chi connectivity index (χ0) is 15.9. The van der Waals surface area contributed by atoms with Gasteiger partial charge >= 0.3 is 0 Å². The molecule has 0 amide bonds. The molecule has 0 radical (unpaired) electrons. The molecule has 3 heterocycles. The van der Waals surface area contributed by atoms with Crippen LogP contribution in [0.2, 0.25) is 0 Å². The van der Waals surface area contributed by atoms with Crippen molar-refractivity contribution in [1.29, 1.82) is 0 Å². The Morgan fingerprint density at radius 1 is 1.36 bits per heavy atom. The van der Waals surface area contributed by atoms with Gasteiger partial charge in [-0.25, -0.2) is 8.42 Å². The summed E-state index contributed by atoms with van der Waals surface area (Å²) in [4.78, 5) is 0.247. The summed E-state index contributed by atoms with van der Waals surface area (Å²) >= 11 is 0. The van der Waals surface area contributed by atoms with Crippen molar-refractivity contribution in [3.8, 4) is 0 Å². The normalized spacial score (nSPS) is 20.1. The number of hydrogen-bond donors (Lipinski definition) is 0. The highest BCUT2D eigenvalue weighted by atomic mass is 32.2. The number of aryl methyl sites for hydroxylation is 1. The fourth-order valence-electron chi connectivity index (χ4n) is 2.82. The molecule has 1 aliphatic heterocycles. The van der Waals surface area contributed by atoms with Crippen molar-refractivity contribution in [2.75, 3.05) is 6.54 Å². The molecule has 1 saturated heterocycles. The lowest BCUT2D eigenvalue weighted by atomic mass is 10.2. The van der Waals surface area contributed by atoms with Gasteiger partial charge in [-0.05, 0) is 45.7 Å². The molecule has 0 spiro atoms. The second-order valence-electron chi connectivity index (χ2n) is 5.97. The van der Waals surface area contributed by atoms with Crippen LogP contribution in [0.5, 0.6) is 0 Å². The van der Waals surface area contributed by atoms with Gasteiger partial charge in [0.25, 0.3) is 0 Å². The molecule has 3 rings (SSSR count). The molecule has 1 atom stereocenters. The maximum atomic E-state index is 12.9. The largest absolute Gasteiger partial charge is 0.465 e. The molecular weight excluding hydrogens is 302 g/mol. The Bertz CT molecular complexity index is 761. The SMILES string of the molecule is Cc1ccc([C@@H]2CCCN2S(=O)(=O)c2cnn(C(C)C)c2)o1. The molecular formula is C15H21N3O3S. The Morgan fingerprint density at radius 3 is 2.73 bits per heavy atom. The fourth-order valence-corrected chi connectivity index (χ4v) is 4.42. The first kappa shape index (κ1) is 15.3. The molecule has 0 saturated carbocycles. The van der Waals surface area contributed by atoms with Gasteiger partial charge in [-0.1, -0.05) is 0 Å². The lowest BCUT2D eigenvalue weighted by Gasteiger charge is -2.21. The summed E-state index contributed by atoms with van der Waals surface area (Å²) in [6.45, 7) is 6.31. The standard InChI is InChI=1S/C15H21N3O3S/c1-11(2)17-10-13(9-16-17)22(19,20)18-8-4-5-14(18)15-7-6-12(3)21-15/h6-7,9-11,14H,4-5,8H2,1-3H3/t14-/m0/s1. The zero-order valence-corrected chi connectivity index (χ0v) is 13.9. The summed E-state index contributed by atoms with van der Waals surface area (Å²) < 4.78 is 34.6. The van der Waals surface area contributed by atoms with Gasteiger partial charge in [0.2, 0.25) is 10.0 Å². The first-order valence-electron chi connectivity index (χ1n) is 7.52. The van der Waals surface area contributed by atoms with Crippen LogP contribution in [0.25, 0.3) is 0 Å². The molecule has 0 unspecified atom stereocenters. The molecule has 1 aliphatic rings. The first-order valence-corrected chi connectivity index (χ1v) is 8.96. The van der Waals surface area contributed by atoms with Crippen LogP contribution in [0, 0.1) is 6.92 Å². The van der Waals surface area contributed by atoms with E-state index in [-0.39, 0.29) is 17.0 Å². The van der Waals surface area contributed by atoms with E-state index in [2.05, 4.69) is 5.10 Å². The fraction of sp³-hybridized carbons (Fsp3) is 0.533. The highest BCUT2D eigenvalue weighted by Gasteiger charge is 2.38. The van der Waals surface area contributed by atoms with E-state index in [9.17, 15) is 8.42 Å². The lowest BCUT2D eigenvalue weighted by Crippen LogP contribution is -2.30. The van der Waals surface area contributed by atoms with Crippen LogP contribution >= 0.6 is 0 Å². The van der Waals surface area contributed by atoms with Crippen molar-refractivity contribution < 1.29 is 12.8 Å². The van der Waals surface area contributed by atoms with E-state index >= 15 is 0 Å². The van der Waals surface area contributed by atoms with Gasteiger partial charge in [0.05, 0.1) is 12.2 Å². The Balaban J connectivity index is 1.93. The van der Waals surface area contributed by atoms with Gasteiger partial charge < -0.3 is 4.42 Å². The van der Waals surface area contributed by atoms with Crippen molar-refractivity contribution in [2.45, 2.75) is 50.6 Å². The second kappa shape index (κ2) is 5.55.